The fourth-order valence-electron chi connectivity index (χ4n) is 2.88. The quantitative estimate of drug-likeness (QED) is 0.733. The number of likely N-dealkylation sites (N-methyl/N-ethyl adjacent to an activating group) is 1. The fraction of sp³-hybridized carbons (Fsp3) is 0.929. The molecule has 2 aliphatic heterocycles. The van der Waals surface area contributed by atoms with Gasteiger partial charge in [0.15, 0.2) is 0 Å². The highest BCUT2D eigenvalue weighted by Gasteiger charge is 2.25. The van der Waals surface area contributed by atoms with E-state index in [0.29, 0.717) is 12.5 Å². The van der Waals surface area contributed by atoms with Crippen LogP contribution in [0.2, 0.25) is 0 Å². The average molecular weight is 269 g/mol. The van der Waals surface area contributed by atoms with Gasteiger partial charge in [-0.1, -0.05) is 0 Å². The molecule has 0 unspecified atom stereocenters. The molecular formula is C14H27N3O2. The maximum Gasteiger partial charge on any atom is 0.236 e. The molecule has 2 saturated heterocycles. The Kier molecular flexibility index (Phi) is 5.60. The van der Waals surface area contributed by atoms with Gasteiger partial charge in [0.2, 0.25) is 5.91 Å². The number of carbonyl (C=O) groups is 1. The Labute approximate surface area is 116 Å². The first kappa shape index (κ1) is 14.8. The van der Waals surface area contributed by atoms with Crippen molar-refractivity contribution in [1.29, 1.82) is 0 Å². The molecule has 0 aromatic rings. The van der Waals surface area contributed by atoms with Crippen LogP contribution in [-0.4, -0.2) is 86.7 Å². The van der Waals surface area contributed by atoms with Crippen molar-refractivity contribution < 1.29 is 9.53 Å². The van der Waals surface area contributed by atoms with Crippen LogP contribution in [0.5, 0.6) is 0 Å². The second-order valence-electron chi connectivity index (χ2n) is 5.93. The zero-order valence-electron chi connectivity index (χ0n) is 12.3. The molecule has 0 N–H and O–H groups in total. The fourth-order valence-corrected chi connectivity index (χ4v) is 2.88. The number of hydrogen-bond acceptors (Lipinski definition) is 4. The van der Waals surface area contributed by atoms with Crippen LogP contribution in [0.25, 0.3) is 0 Å². The molecule has 0 saturated carbocycles. The van der Waals surface area contributed by atoms with E-state index in [1.165, 1.54) is 6.42 Å². The zero-order valence-corrected chi connectivity index (χ0v) is 12.3. The molecule has 0 aliphatic carbocycles. The molecule has 0 bridgehead atoms. The van der Waals surface area contributed by atoms with Crippen LogP contribution in [0, 0.1) is 0 Å². The molecule has 5 heteroatoms. The lowest BCUT2D eigenvalue weighted by atomic mass is 10.1. The van der Waals surface area contributed by atoms with Crippen LogP contribution in [0.1, 0.15) is 19.3 Å². The molecule has 2 aliphatic rings. The van der Waals surface area contributed by atoms with E-state index < -0.39 is 0 Å². The highest BCUT2D eigenvalue weighted by atomic mass is 16.5. The van der Waals surface area contributed by atoms with E-state index in [1.54, 1.807) is 0 Å². The molecule has 0 radical (unpaired) electrons. The van der Waals surface area contributed by atoms with Crippen LogP contribution >= 0.6 is 0 Å². The molecule has 0 aromatic heterocycles. The van der Waals surface area contributed by atoms with Gasteiger partial charge in [0.05, 0.1) is 19.3 Å². The van der Waals surface area contributed by atoms with E-state index in [9.17, 15) is 4.79 Å². The second kappa shape index (κ2) is 7.22. The van der Waals surface area contributed by atoms with Gasteiger partial charge < -0.3 is 14.5 Å². The number of piperidine rings is 1. The summed E-state index contributed by atoms with van der Waals surface area (Å²) in [6, 6.07) is 0. The monoisotopic (exact) mass is 269 g/mol. The van der Waals surface area contributed by atoms with Gasteiger partial charge in [-0.3, -0.25) is 9.69 Å². The third-order valence-corrected chi connectivity index (χ3v) is 3.86. The maximum absolute atomic E-state index is 12.2. The predicted octanol–water partition coefficient (Wildman–Crippen LogP) is 0.261. The molecule has 1 atom stereocenters. The SMILES string of the molecule is CN(C)C[C@@H]1CN(CC(=O)N2CCCCC2)CCO1. The first-order chi connectivity index (χ1) is 9.15. The number of amides is 1. The van der Waals surface area contributed by atoms with Gasteiger partial charge in [-0.15, -0.1) is 0 Å². The summed E-state index contributed by atoms with van der Waals surface area (Å²) >= 11 is 0. The number of nitrogens with zero attached hydrogens (tertiary/aromatic N) is 3. The minimum absolute atomic E-state index is 0.234. The number of morpholine rings is 1. The number of carbonyl (C=O) groups excluding carboxylic acids is 1. The van der Waals surface area contributed by atoms with Crippen molar-refractivity contribution in [2.45, 2.75) is 25.4 Å². The minimum Gasteiger partial charge on any atom is -0.374 e. The van der Waals surface area contributed by atoms with Gasteiger partial charge in [0, 0.05) is 32.7 Å². The van der Waals surface area contributed by atoms with Crippen molar-refractivity contribution in [3.05, 3.63) is 0 Å². The summed E-state index contributed by atoms with van der Waals surface area (Å²) in [5, 5.41) is 0. The van der Waals surface area contributed by atoms with E-state index in [-0.39, 0.29) is 6.10 Å². The maximum atomic E-state index is 12.2. The molecule has 2 rings (SSSR count). The third kappa shape index (κ3) is 4.75. The Balaban J connectivity index is 1.76. The van der Waals surface area contributed by atoms with Crippen LogP contribution in [0.3, 0.4) is 0 Å². The van der Waals surface area contributed by atoms with Crippen LogP contribution in [0.4, 0.5) is 0 Å². The highest BCUT2D eigenvalue weighted by Crippen LogP contribution is 2.11. The smallest absolute Gasteiger partial charge is 0.236 e. The van der Waals surface area contributed by atoms with E-state index in [2.05, 4.69) is 23.9 Å². The summed E-state index contributed by atoms with van der Waals surface area (Å²) in [5.41, 5.74) is 0. The second-order valence-corrected chi connectivity index (χ2v) is 5.93. The van der Waals surface area contributed by atoms with Crippen molar-refractivity contribution in [3.63, 3.8) is 0 Å². The van der Waals surface area contributed by atoms with Crippen molar-refractivity contribution in [2.24, 2.45) is 0 Å². The molecular weight excluding hydrogens is 242 g/mol. The van der Waals surface area contributed by atoms with Crippen LogP contribution < -0.4 is 0 Å². The molecule has 2 fully saturated rings. The lowest BCUT2D eigenvalue weighted by molar-refractivity contribution is -0.135. The molecule has 2 heterocycles. The van der Waals surface area contributed by atoms with E-state index in [1.807, 2.05) is 4.90 Å². The third-order valence-electron chi connectivity index (χ3n) is 3.86. The highest BCUT2D eigenvalue weighted by molar-refractivity contribution is 5.78. The van der Waals surface area contributed by atoms with Crippen molar-refractivity contribution in [2.75, 3.05) is 60.0 Å². The Morgan fingerprint density at radius 2 is 1.95 bits per heavy atom. The first-order valence-corrected chi connectivity index (χ1v) is 7.41. The minimum atomic E-state index is 0.234. The topological polar surface area (TPSA) is 36.0 Å². The van der Waals surface area contributed by atoms with Gasteiger partial charge in [-0.2, -0.15) is 0 Å². The van der Waals surface area contributed by atoms with Gasteiger partial charge in [-0.25, -0.2) is 0 Å². The van der Waals surface area contributed by atoms with Gasteiger partial charge in [0.1, 0.15) is 0 Å². The van der Waals surface area contributed by atoms with Gasteiger partial charge in [-0.05, 0) is 33.4 Å². The first-order valence-electron chi connectivity index (χ1n) is 7.41. The van der Waals surface area contributed by atoms with Crippen molar-refractivity contribution in [3.8, 4) is 0 Å². The summed E-state index contributed by atoms with van der Waals surface area (Å²) < 4.78 is 5.74. The van der Waals surface area contributed by atoms with E-state index in [0.717, 1.165) is 52.2 Å². The lowest BCUT2D eigenvalue weighted by Gasteiger charge is -2.35. The molecule has 0 spiro atoms. The summed E-state index contributed by atoms with van der Waals surface area (Å²) in [7, 11) is 4.11. The molecule has 5 nitrogen and oxygen atoms in total. The number of ether oxygens (including phenoxy) is 1. The van der Waals surface area contributed by atoms with E-state index >= 15 is 0 Å². The predicted molar refractivity (Wildman–Crippen MR) is 75.2 cm³/mol. The standard InChI is InChI=1S/C14H27N3O2/c1-15(2)10-13-11-16(8-9-19-13)12-14(18)17-6-4-3-5-7-17/h13H,3-12H2,1-2H3/t13-/m1/s1. The number of hydrogen-bond donors (Lipinski definition) is 0. The number of rotatable bonds is 4. The molecule has 1 amide bonds. The average Bonchev–Trinajstić information content (AvgIpc) is 2.39. The van der Waals surface area contributed by atoms with Crippen LogP contribution in [-0.2, 0) is 9.53 Å². The Hall–Kier alpha value is -0.650. The molecule has 110 valence electrons. The summed E-state index contributed by atoms with van der Waals surface area (Å²) in [6.07, 6.45) is 3.83. The zero-order chi connectivity index (χ0) is 13.7. The summed E-state index contributed by atoms with van der Waals surface area (Å²) in [5.74, 6) is 0.296. The van der Waals surface area contributed by atoms with Gasteiger partial charge in [0.25, 0.3) is 0 Å². The van der Waals surface area contributed by atoms with Crippen molar-refractivity contribution >= 4 is 5.91 Å². The van der Waals surface area contributed by atoms with Crippen LogP contribution in [0.15, 0.2) is 0 Å². The molecule has 19 heavy (non-hydrogen) atoms. The lowest BCUT2D eigenvalue weighted by Crippen LogP contribution is -2.50. The summed E-state index contributed by atoms with van der Waals surface area (Å²) in [4.78, 5) is 18.6. The Morgan fingerprint density at radius 1 is 1.21 bits per heavy atom. The number of likely N-dealkylation sites (tertiary alicyclic amines) is 1. The molecule has 0 aromatic carbocycles. The Morgan fingerprint density at radius 3 is 2.63 bits per heavy atom. The normalized spacial score (nSPS) is 25.8. The summed E-state index contributed by atoms with van der Waals surface area (Å²) in [6.45, 7) is 5.88. The van der Waals surface area contributed by atoms with Gasteiger partial charge >= 0.3 is 0 Å². The largest absolute Gasteiger partial charge is 0.374 e. The Bertz CT molecular complexity index is 290. The van der Waals surface area contributed by atoms with Crippen molar-refractivity contribution in [1.82, 2.24) is 14.7 Å². The van der Waals surface area contributed by atoms with E-state index in [4.69, 9.17) is 4.74 Å².